The lowest BCUT2D eigenvalue weighted by atomic mass is 9.97. The van der Waals surface area contributed by atoms with E-state index in [0.717, 1.165) is 39.7 Å². The second kappa shape index (κ2) is 10.4. The summed E-state index contributed by atoms with van der Waals surface area (Å²) in [6.07, 6.45) is -2.65. The minimum atomic E-state index is -1.62. The molecule has 0 unspecified atom stereocenters. The summed E-state index contributed by atoms with van der Waals surface area (Å²) in [6, 6.07) is 0.363. The van der Waals surface area contributed by atoms with Gasteiger partial charge < -0.3 is 25.2 Å². The van der Waals surface area contributed by atoms with Crippen molar-refractivity contribution >= 4 is 23.1 Å². The molecule has 3 aromatic rings. The van der Waals surface area contributed by atoms with Crippen molar-refractivity contribution in [1.29, 1.82) is 0 Å². The summed E-state index contributed by atoms with van der Waals surface area (Å²) < 4.78 is 47.7. The molecule has 2 aromatic heterocycles. The molecule has 0 spiro atoms. The quantitative estimate of drug-likeness (QED) is 0.335. The predicted octanol–water partition coefficient (Wildman–Crippen LogP) is 2.96. The molecular formula is C23H26F3N3O5S2. The molecule has 1 aliphatic heterocycles. The Kier molecular flexibility index (Phi) is 7.81. The maximum absolute atomic E-state index is 13.7. The molecule has 36 heavy (non-hydrogen) atoms. The van der Waals surface area contributed by atoms with E-state index < -0.39 is 64.7 Å². The van der Waals surface area contributed by atoms with E-state index in [1.54, 1.807) is 13.8 Å². The third kappa shape index (κ3) is 5.19. The Labute approximate surface area is 213 Å². The van der Waals surface area contributed by atoms with Crippen LogP contribution in [0.5, 0.6) is 0 Å². The molecule has 13 heteroatoms. The molecule has 0 bridgehead atoms. The van der Waals surface area contributed by atoms with Gasteiger partial charge in [0.2, 0.25) is 0 Å². The van der Waals surface area contributed by atoms with Gasteiger partial charge in [-0.15, -0.1) is 16.9 Å². The number of thioether (sulfide) groups is 1. The molecular weight excluding hydrogens is 519 g/mol. The zero-order valence-corrected chi connectivity index (χ0v) is 21.2. The number of ether oxygens (including phenoxy) is 1. The normalized spacial score (nSPS) is 25.8. The number of aliphatic hydroxyl groups excluding tert-OH is 3. The van der Waals surface area contributed by atoms with Crippen molar-refractivity contribution in [3.63, 3.8) is 0 Å². The standard InChI is InChI=1S/C23H26F3N3O5S2/c1-10-8-35-9-12(10)21(23(2,3)33)36-22-20(32)18(19(31)16(7-30)34-22)29-6-15(27-28-29)11-4-13(24)17(26)14(25)5-11/h4-6,8-9,16,18-22,30-33H,7H2,1-3H3/t16-,18+,19+,20-,21-,22+/m1/s1. The first-order valence-corrected chi connectivity index (χ1v) is 12.9. The Morgan fingerprint density at radius 3 is 2.39 bits per heavy atom. The highest BCUT2D eigenvalue weighted by Crippen LogP contribution is 2.47. The van der Waals surface area contributed by atoms with Crippen molar-refractivity contribution in [2.75, 3.05) is 6.61 Å². The van der Waals surface area contributed by atoms with Gasteiger partial charge in [-0.2, -0.15) is 11.3 Å². The number of rotatable bonds is 7. The Morgan fingerprint density at radius 2 is 1.83 bits per heavy atom. The minimum absolute atomic E-state index is 0.0216. The Hall–Kier alpha value is -2.00. The predicted molar refractivity (Wildman–Crippen MR) is 128 cm³/mol. The van der Waals surface area contributed by atoms with Crippen molar-refractivity contribution in [1.82, 2.24) is 15.0 Å². The van der Waals surface area contributed by atoms with Gasteiger partial charge in [-0.1, -0.05) is 5.21 Å². The number of hydrogen-bond donors (Lipinski definition) is 4. The highest BCUT2D eigenvalue weighted by atomic mass is 32.2. The van der Waals surface area contributed by atoms with Crippen LogP contribution in [-0.4, -0.2) is 71.4 Å². The first-order valence-electron chi connectivity index (χ1n) is 11.0. The maximum atomic E-state index is 13.7. The number of aliphatic hydroxyl groups is 4. The fourth-order valence-corrected chi connectivity index (χ4v) is 6.64. The van der Waals surface area contributed by atoms with Crippen LogP contribution in [0.15, 0.2) is 29.1 Å². The second-order valence-corrected chi connectivity index (χ2v) is 11.2. The molecule has 1 saturated heterocycles. The molecule has 0 aliphatic carbocycles. The Balaban J connectivity index is 1.66. The molecule has 0 amide bonds. The van der Waals surface area contributed by atoms with Crippen molar-refractivity contribution in [3.05, 3.63) is 57.7 Å². The highest BCUT2D eigenvalue weighted by Gasteiger charge is 2.48. The second-order valence-electron chi connectivity index (χ2n) is 9.21. The summed E-state index contributed by atoms with van der Waals surface area (Å²) in [5.41, 5.74) is -0.503. The van der Waals surface area contributed by atoms with Crippen molar-refractivity contribution in [2.45, 2.75) is 61.4 Å². The monoisotopic (exact) mass is 545 g/mol. The fraction of sp³-hybridized carbons (Fsp3) is 0.478. The number of aromatic nitrogens is 3. The molecule has 3 heterocycles. The molecule has 8 nitrogen and oxygen atoms in total. The summed E-state index contributed by atoms with van der Waals surface area (Å²) >= 11 is 2.61. The third-order valence-corrected chi connectivity index (χ3v) is 8.67. The number of nitrogens with zero attached hydrogens (tertiary/aromatic N) is 3. The van der Waals surface area contributed by atoms with Gasteiger partial charge in [-0.05, 0) is 54.8 Å². The smallest absolute Gasteiger partial charge is 0.194 e. The van der Waals surface area contributed by atoms with Crippen LogP contribution in [0.3, 0.4) is 0 Å². The first-order chi connectivity index (χ1) is 16.9. The molecule has 1 aromatic carbocycles. The van der Waals surface area contributed by atoms with Gasteiger partial charge in [-0.25, -0.2) is 17.9 Å². The average Bonchev–Trinajstić information content (AvgIpc) is 3.45. The molecule has 4 rings (SSSR count). The van der Waals surface area contributed by atoms with Crippen molar-refractivity contribution in [2.24, 2.45) is 0 Å². The average molecular weight is 546 g/mol. The van der Waals surface area contributed by atoms with Crippen molar-refractivity contribution in [3.8, 4) is 11.3 Å². The lowest BCUT2D eigenvalue weighted by molar-refractivity contribution is -0.179. The van der Waals surface area contributed by atoms with Crippen LogP contribution in [0, 0.1) is 24.4 Å². The van der Waals surface area contributed by atoms with Gasteiger partial charge in [0, 0.05) is 5.56 Å². The van der Waals surface area contributed by atoms with Crippen LogP contribution >= 0.6 is 23.1 Å². The van der Waals surface area contributed by atoms with E-state index in [2.05, 4.69) is 10.3 Å². The maximum Gasteiger partial charge on any atom is 0.194 e. The van der Waals surface area contributed by atoms with E-state index in [9.17, 15) is 33.6 Å². The van der Waals surface area contributed by atoms with Gasteiger partial charge >= 0.3 is 0 Å². The Morgan fingerprint density at radius 1 is 1.17 bits per heavy atom. The number of halogens is 3. The molecule has 4 N–H and O–H groups in total. The van der Waals surface area contributed by atoms with Gasteiger partial charge in [-0.3, -0.25) is 0 Å². The summed E-state index contributed by atoms with van der Waals surface area (Å²) in [5.74, 6) is -4.41. The van der Waals surface area contributed by atoms with Crippen LogP contribution in [0.4, 0.5) is 13.2 Å². The van der Waals surface area contributed by atoms with Gasteiger partial charge in [0.1, 0.15) is 35.5 Å². The number of hydrogen-bond acceptors (Lipinski definition) is 9. The number of thiophene rings is 1. The van der Waals surface area contributed by atoms with Crippen LogP contribution in [0.2, 0.25) is 0 Å². The van der Waals surface area contributed by atoms with Gasteiger partial charge in [0.15, 0.2) is 17.5 Å². The lowest BCUT2D eigenvalue weighted by Gasteiger charge is -2.43. The largest absolute Gasteiger partial charge is 0.394 e. The van der Waals surface area contributed by atoms with Gasteiger partial charge in [0.05, 0.1) is 23.7 Å². The molecule has 196 valence electrons. The summed E-state index contributed by atoms with van der Waals surface area (Å²) in [4.78, 5) is 0. The van der Waals surface area contributed by atoms with Gasteiger partial charge in [0.25, 0.3) is 0 Å². The van der Waals surface area contributed by atoms with E-state index in [-0.39, 0.29) is 11.3 Å². The number of benzene rings is 1. The lowest BCUT2D eigenvalue weighted by Crippen LogP contribution is -2.55. The van der Waals surface area contributed by atoms with E-state index in [1.165, 1.54) is 17.5 Å². The molecule has 0 saturated carbocycles. The van der Waals surface area contributed by atoms with Crippen LogP contribution in [-0.2, 0) is 4.74 Å². The van der Waals surface area contributed by atoms with E-state index >= 15 is 0 Å². The zero-order valence-electron chi connectivity index (χ0n) is 19.5. The van der Waals surface area contributed by atoms with E-state index in [4.69, 9.17) is 4.74 Å². The van der Waals surface area contributed by atoms with Crippen molar-refractivity contribution < 1.29 is 38.3 Å². The molecule has 0 radical (unpaired) electrons. The molecule has 6 atom stereocenters. The molecule has 1 aliphatic rings. The topological polar surface area (TPSA) is 121 Å². The third-order valence-electron chi connectivity index (χ3n) is 6.03. The number of aryl methyl sites for hydroxylation is 1. The SMILES string of the molecule is Cc1cscc1[C@@H](S[C@@H]1O[C@H](CO)[C@H](O)[C@H](n2cc(-c3cc(F)c(F)c(F)c3)nn2)[C@H]1O)C(C)(C)O. The van der Waals surface area contributed by atoms with Crippen LogP contribution < -0.4 is 0 Å². The zero-order chi connectivity index (χ0) is 26.4. The first kappa shape index (κ1) is 27.0. The highest BCUT2D eigenvalue weighted by molar-refractivity contribution is 8.00. The summed E-state index contributed by atoms with van der Waals surface area (Å²) in [6.45, 7) is 4.61. The van der Waals surface area contributed by atoms with Crippen LogP contribution in [0.25, 0.3) is 11.3 Å². The summed E-state index contributed by atoms with van der Waals surface area (Å²) in [7, 11) is 0. The van der Waals surface area contributed by atoms with Crippen LogP contribution in [0.1, 0.15) is 36.3 Å². The summed E-state index contributed by atoms with van der Waals surface area (Å²) in [5, 5.41) is 53.9. The molecule has 1 fully saturated rings. The minimum Gasteiger partial charge on any atom is -0.394 e. The van der Waals surface area contributed by atoms with E-state index in [1.807, 2.05) is 17.7 Å². The fourth-order valence-electron chi connectivity index (χ4n) is 4.14. The Bertz CT molecular complexity index is 1190. The van der Waals surface area contributed by atoms with E-state index in [0.29, 0.717) is 0 Å².